The topological polar surface area (TPSA) is 113 Å². The van der Waals surface area contributed by atoms with Crippen LogP contribution in [-0.2, 0) is 6.42 Å². The Labute approximate surface area is 161 Å². The summed E-state index contributed by atoms with van der Waals surface area (Å²) in [4.78, 5) is 20.1. The van der Waals surface area contributed by atoms with E-state index < -0.39 is 11.7 Å². The van der Waals surface area contributed by atoms with Crippen molar-refractivity contribution in [3.05, 3.63) is 71.2 Å². The van der Waals surface area contributed by atoms with Crippen LogP contribution in [-0.4, -0.2) is 27.5 Å². The third-order valence-corrected chi connectivity index (χ3v) is 4.04. The summed E-state index contributed by atoms with van der Waals surface area (Å²) in [5, 5.41) is 15.4. The zero-order valence-corrected chi connectivity index (χ0v) is 15.2. The van der Waals surface area contributed by atoms with E-state index in [-0.39, 0.29) is 11.3 Å². The van der Waals surface area contributed by atoms with Gasteiger partial charge in [0, 0.05) is 18.4 Å². The molecule has 0 aliphatic carbocycles. The molecule has 0 aliphatic rings. The smallest absolute Gasteiger partial charge is 0.254 e. The minimum atomic E-state index is -0.663. The Bertz CT molecular complexity index is 1010. The van der Waals surface area contributed by atoms with E-state index in [2.05, 4.69) is 20.6 Å². The highest BCUT2D eigenvalue weighted by atomic mass is 19.1. The maximum atomic E-state index is 13.4. The minimum Gasteiger partial charge on any atom is -0.505 e. The van der Waals surface area contributed by atoms with Crippen LogP contribution >= 0.6 is 0 Å². The van der Waals surface area contributed by atoms with Gasteiger partial charge in [0.2, 0.25) is 5.95 Å². The van der Waals surface area contributed by atoms with Crippen LogP contribution in [0.2, 0.25) is 0 Å². The van der Waals surface area contributed by atoms with Crippen LogP contribution in [0.1, 0.15) is 21.5 Å². The number of amides is 1. The lowest BCUT2D eigenvalue weighted by atomic mass is 10.1. The summed E-state index contributed by atoms with van der Waals surface area (Å²) in [7, 11) is 0. The van der Waals surface area contributed by atoms with E-state index in [1.165, 1.54) is 18.3 Å². The van der Waals surface area contributed by atoms with Crippen molar-refractivity contribution in [1.29, 1.82) is 0 Å². The lowest BCUT2D eigenvalue weighted by Crippen LogP contribution is -2.16. The molecule has 7 nitrogen and oxygen atoms in total. The van der Waals surface area contributed by atoms with Crippen LogP contribution in [0, 0.1) is 12.7 Å². The van der Waals surface area contributed by atoms with E-state index in [0.717, 1.165) is 16.8 Å². The third kappa shape index (κ3) is 4.73. The van der Waals surface area contributed by atoms with Crippen molar-refractivity contribution in [3.63, 3.8) is 0 Å². The number of rotatable bonds is 7. The largest absolute Gasteiger partial charge is 0.505 e. The molecule has 0 saturated carbocycles. The van der Waals surface area contributed by atoms with E-state index >= 15 is 0 Å². The summed E-state index contributed by atoms with van der Waals surface area (Å²) in [6.07, 6.45) is 1.86. The van der Waals surface area contributed by atoms with E-state index in [1.54, 1.807) is 6.07 Å². The number of halogens is 1. The van der Waals surface area contributed by atoms with Crippen molar-refractivity contribution in [2.75, 3.05) is 17.2 Å². The number of phenols is 1. The highest BCUT2D eigenvalue weighted by molar-refractivity contribution is 5.98. The standard InChI is InChI=1S/C20H20FN5O2/c1-12-3-2-4-14(9-12)25-19-15(18(22)28)11-24-20(26-19)23-8-7-13-5-6-17(27)16(21)10-13/h2-6,9-11,27H,7-8H2,1H3,(H2,22,28)(H2,23,24,25,26). The molecule has 2 aromatic carbocycles. The number of primary amides is 1. The number of nitrogens with two attached hydrogens (primary N) is 1. The first-order valence-corrected chi connectivity index (χ1v) is 8.64. The van der Waals surface area contributed by atoms with Gasteiger partial charge in [0.15, 0.2) is 11.6 Å². The number of carbonyl (C=O) groups excluding carboxylic acids is 1. The number of hydrogen-bond donors (Lipinski definition) is 4. The molecule has 3 rings (SSSR count). The van der Waals surface area contributed by atoms with Crippen molar-refractivity contribution in [2.45, 2.75) is 13.3 Å². The lowest BCUT2D eigenvalue weighted by molar-refractivity contribution is 0.100. The third-order valence-electron chi connectivity index (χ3n) is 4.04. The van der Waals surface area contributed by atoms with Crippen LogP contribution in [0.25, 0.3) is 0 Å². The van der Waals surface area contributed by atoms with E-state index in [9.17, 15) is 14.3 Å². The van der Waals surface area contributed by atoms with Gasteiger partial charge in [-0.15, -0.1) is 0 Å². The van der Waals surface area contributed by atoms with Crippen molar-refractivity contribution < 1.29 is 14.3 Å². The first kappa shape index (κ1) is 19.1. The summed E-state index contributed by atoms with van der Waals surface area (Å²) in [6.45, 7) is 2.39. The second kappa shape index (κ2) is 8.34. The number of nitrogens with zero attached hydrogens (tertiary/aromatic N) is 2. The normalized spacial score (nSPS) is 10.5. The fourth-order valence-electron chi connectivity index (χ4n) is 2.63. The van der Waals surface area contributed by atoms with Gasteiger partial charge in [-0.25, -0.2) is 9.37 Å². The summed E-state index contributed by atoms with van der Waals surface area (Å²) in [6, 6.07) is 11.8. The Hall–Kier alpha value is -3.68. The molecule has 3 aromatic rings. The van der Waals surface area contributed by atoms with Gasteiger partial charge in [0.25, 0.3) is 5.91 Å². The number of aryl methyl sites for hydroxylation is 1. The Kier molecular flexibility index (Phi) is 5.69. The van der Waals surface area contributed by atoms with E-state index in [1.807, 2.05) is 31.2 Å². The van der Waals surface area contributed by atoms with Gasteiger partial charge >= 0.3 is 0 Å². The molecule has 0 radical (unpaired) electrons. The van der Waals surface area contributed by atoms with Crippen molar-refractivity contribution >= 4 is 23.4 Å². The number of hydrogen-bond acceptors (Lipinski definition) is 6. The molecule has 0 aliphatic heterocycles. The van der Waals surface area contributed by atoms with Gasteiger partial charge in [-0.05, 0) is 48.7 Å². The molecular weight excluding hydrogens is 361 g/mol. The molecule has 1 heterocycles. The number of aromatic hydroxyl groups is 1. The monoisotopic (exact) mass is 381 g/mol. The highest BCUT2D eigenvalue weighted by Crippen LogP contribution is 2.21. The van der Waals surface area contributed by atoms with Gasteiger partial charge in [-0.3, -0.25) is 4.79 Å². The summed E-state index contributed by atoms with van der Waals surface area (Å²) in [5.41, 5.74) is 8.13. The second-order valence-electron chi connectivity index (χ2n) is 6.28. The molecule has 0 atom stereocenters. The molecular formula is C20H20FN5O2. The molecule has 0 fully saturated rings. The molecule has 0 unspecified atom stereocenters. The number of phenolic OH excluding ortho intramolecular Hbond substituents is 1. The van der Waals surface area contributed by atoms with Crippen LogP contribution in [0.3, 0.4) is 0 Å². The predicted octanol–water partition coefficient (Wildman–Crippen LogP) is 3.13. The van der Waals surface area contributed by atoms with Crippen LogP contribution < -0.4 is 16.4 Å². The number of aromatic nitrogens is 2. The van der Waals surface area contributed by atoms with Gasteiger partial charge in [0.1, 0.15) is 11.4 Å². The summed E-state index contributed by atoms with van der Waals surface area (Å²) < 4.78 is 13.4. The molecule has 144 valence electrons. The predicted molar refractivity (Wildman–Crippen MR) is 105 cm³/mol. The fraction of sp³-hybridized carbons (Fsp3) is 0.150. The molecule has 8 heteroatoms. The molecule has 0 saturated heterocycles. The maximum absolute atomic E-state index is 13.4. The second-order valence-corrected chi connectivity index (χ2v) is 6.28. The number of anilines is 3. The Morgan fingerprint density at radius 1 is 1.25 bits per heavy atom. The quantitative estimate of drug-likeness (QED) is 0.500. The molecule has 0 spiro atoms. The molecule has 28 heavy (non-hydrogen) atoms. The maximum Gasteiger partial charge on any atom is 0.254 e. The molecule has 0 bridgehead atoms. The Balaban J connectivity index is 1.72. The van der Waals surface area contributed by atoms with E-state index in [4.69, 9.17) is 5.73 Å². The zero-order chi connectivity index (χ0) is 20.1. The first-order chi connectivity index (χ1) is 13.4. The lowest BCUT2D eigenvalue weighted by Gasteiger charge is -2.12. The number of benzene rings is 2. The van der Waals surface area contributed by atoms with E-state index in [0.29, 0.717) is 24.7 Å². The Morgan fingerprint density at radius 2 is 2.07 bits per heavy atom. The average Bonchev–Trinajstić information content (AvgIpc) is 2.65. The molecule has 1 aromatic heterocycles. The van der Waals surface area contributed by atoms with Gasteiger partial charge in [0.05, 0.1) is 0 Å². The molecule has 5 N–H and O–H groups in total. The van der Waals surface area contributed by atoms with Crippen LogP contribution in [0.4, 0.5) is 21.8 Å². The molecule has 1 amide bonds. The SMILES string of the molecule is Cc1cccc(Nc2nc(NCCc3ccc(O)c(F)c3)ncc2C(N)=O)c1. The number of carbonyl (C=O) groups is 1. The van der Waals surface area contributed by atoms with Crippen molar-refractivity contribution in [1.82, 2.24) is 9.97 Å². The van der Waals surface area contributed by atoms with Crippen LogP contribution in [0.15, 0.2) is 48.7 Å². The zero-order valence-electron chi connectivity index (χ0n) is 15.2. The first-order valence-electron chi connectivity index (χ1n) is 8.64. The minimum absolute atomic E-state index is 0.174. The summed E-state index contributed by atoms with van der Waals surface area (Å²) in [5.74, 6) is -1.08. The van der Waals surface area contributed by atoms with Crippen LogP contribution in [0.5, 0.6) is 5.75 Å². The number of nitrogens with one attached hydrogen (secondary N) is 2. The van der Waals surface area contributed by atoms with Gasteiger partial charge in [-0.1, -0.05) is 18.2 Å². The summed E-state index contributed by atoms with van der Waals surface area (Å²) >= 11 is 0. The van der Waals surface area contributed by atoms with Gasteiger partial charge in [-0.2, -0.15) is 4.98 Å². The van der Waals surface area contributed by atoms with Crippen molar-refractivity contribution in [2.24, 2.45) is 5.73 Å². The fourth-order valence-corrected chi connectivity index (χ4v) is 2.63. The highest BCUT2D eigenvalue weighted by Gasteiger charge is 2.12. The Morgan fingerprint density at radius 3 is 2.79 bits per heavy atom. The van der Waals surface area contributed by atoms with Gasteiger partial charge < -0.3 is 21.5 Å². The van der Waals surface area contributed by atoms with Crippen molar-refractivity contribution in [3.8, 4) is 5.75 Å². The average molecular weight is 381 g/mol.